The molecule has 0 spiro atoms. The van der Waals surface area contributed by atoms with Crippen LogP contribution in [0, 0.1) is 17.8 Å². The zero-order chi connectivity index (χ0) is 11.9. The topological polar surface area (TPSA) is 17.1 Å². The smallest absolute Gasteiger partial charge is 0.137 e. The van der Waals surface area contributed by atoms with Crippen molar-refractivity contribution >= 4 is 5.78 Å². The first kappa shape index (κ1) is 11.6. The van der Waals surface area contributed by atoms with Crippen molar-refractivity contribution in [2.45, 2.75) is 46.5 Å². The first-order chi connectivity index (χ1) is 7.50. The highest BCUT2D eigenvalue weighted by Crippen LogP contribution is 2.45. The summed E-state index contributed by atoms with van der Waals surface area (Å²) in [6.07, 6.45) is 3.79. The van der Waals surface area contributed by atoms with Crippen LogP contribution in [0.2, 0.25) is 0 Å². The Labute approximate surface area is 98.6 Å². The molecule has 0 aromatic heterocycles. The van der Waals surface area contributed by atoms with Crippen molar-refractivity contribution in [2.24, 2.45) is 17.8 Å². The van der Waals surface area contributed by atoms with E-state index in [9.17, 15) is 4.79 Å². The van der Waals surface area contributed by atoms with Crippen LogP contribution in [-0.2, 0) is 4.79 Å². The molecule has 0 aliphatic heterocycles. The van der Waals surface area contributed by atoms with Gasteiger partial charge in [-0.1, -0.05) is 37.1 Å². The SMILES string of the molecule is C=C(C)C1CCC2=C(C(C)CC(=O)C2)C1C. The summed E-state index contributed by atoms with van der Waals surface area (Å²) in [6.45, 7) is 10.8. The van der Waals surface area contributed by atoms with Crippen LogP contribution >= 0.6 is 0 Å². The molecule has 2 aliphatic rings. The van der Waals surface area contributed by atoms with Gasteiger partial charge in [0.05, 0.1) is 0 Å². The monoisotopic (exact) mass is 218 g/mol. The standard InChI is InChI=1S/C15H22O/c1-9(2)14-6-5-12-8-13(16)7-10(3)15(12)11(14)4/h10-11,14H,1,5-8H2,2-4H3. The lowest BCUT2D eigenvalue weighted by Crippen LogP contribution is -2.29. The second-order valence-corrected chi connectivity index (χ2v) is 5.66. The minimum atomic E-state index is 0.437. The molecule has 2 aliphatic carbocycles. The van der Waals surface area contributed by atoms with Crippen molar-refractivity contribution < 1.29 is 4.79 Å². The number of Topliss-reactive ketones (excluding diaryl/α,β-unsaturated/α-hetero) is 1. The minimum Gasteiger partial charge on any atom is -0.299 e. The number of hydrogen-bond acceptors (Lipinski definition) is 1. The van der Waals surface area contributed by atoms with Gasteiger partial charge >= 0.3 is 0 Å². The molecule has 88 valence electrons. The first-order valence-electron chi connectivity index (χ1n) is 6.39. The summed E-state index contributed by atoms with van der Waals surface area (Å²) in [5, 5.41) is 0. The molecule has 2 rings (SSSR count). The number of hydrogen-bond donors (Lipinski definition) is 0. The van der Waals surface area contributed by atoms with Gasteiger partial charge in [0.1, 0.15) is 5.78 Å². The molecule has 0 fully saturated rings. The normalized spacial score (nSPS) is 34.9. The van der Waals surface area contributed by atoms with E-state index in [1.807, 2.05) is 0 Å². The van der Waals surface area contributed by atoms with Crippen molar-refractivity contribution in [3.8, 4) is 0 Å². The number of allylic oxidation sites excluding steroid dienone is 3. The van der Waals surface area contributed by atoms with Crippen LogP contribution in [0.3, 0.4) is 0 Å². The molecule has 3 atom stereocenters. The van der Waals surface area contributed by atoms with Gasteiger partial charge in [0.25, 0.3) is 0 Å². The van der Waals surface area contributed by atoms with Crippen LogP contribution in [0.4, 0.5) is 0 Å². The Kier molecular flexibility index (Phi) is 3.05. The van der Waals surface area contributed by atoms with Crippen LogP contribution in [0.5, 0.6) is 0 Å². The van der Waals surface area contributed by atoms with E-state index in [4.69, 9.17) is 0 Å². The average Bonchev–Trinajstić information content (AvgIpc) is 2.15. The summed E-state index contributed by atoms with van der Waals surface area (Å²) >= 11 is 0. The van der Waals surface area contributed by atoms with E-state index in [0.29, 0.717) is 23.5 Å². The number of ketones is 1. The largest absolute Gasteiger partial charge is 0.299 e. The van der Waals surface area contributed by atoms with Gasteiger partial charge in [-0.15, -0.1) is 0 Å². The molecule has 0 amide bonds. The van der Waals surface area contributed by atoms with Crippen LogP contribution in [-0.4, -0.2) is 5.78 Å². The van der Waals surface area contributed by atoms with E-state index in [0.717, 1.165) is 19.3 Å². The molecule has 0 aromatic rings. The van der Waals surface area contributed by atoms with Gasteiger partial charge in [-0.3, -0.25) is 4.79 Å². The Bertz CT molecular complexity index is 362. The van der Waals surface area contributed by atoms with Gasteiger partial charge in [-0.2, -0.15) is 0 Å². The fourth-order valence-corrected chi connectivity index (χ4v) is 3.69. The summed E-state index contributed by atoms with van der Waals surface area (Å²) in [5.74, 6) is 2.14. The molecular weight excluding hydrogens is 196 g/mol. The van der Waals surface area contributed by atoms with E-state index in [1.165, 1.54) is 17.6 Å². The van der Waals surface area contributed by atoms with Crippen molar-refractivity contribution in [3.63, 3.8) is 0 Å². The lowest BCUT2D eigenvalue weighted by atomic mass is 9.66. The maximum Gasteiger partial charge on any atom is 0.137 e. The Hall–Kier alpha value is -0.850. The number of carbonyl (C=O) groups excluding carboxylic acids is 1. The fraction of sp³-hybridized carbons (Fsp3) is 0.667. The molecule has 1 nitrogen and oxygen atoms in total. The lowest BCUT2D eigenvalue weighted by Gasteiger charge is -2.39. The third kappa shape index (κ3) is 1.88. The van der Waals surface area contributed by atoms with Crippen molar-refractivity contribution in [2.75, 3.05) is 0 Å². The molecule has 16 heavy (non-hydrogen) atoms. The molecule has 0 bridgehead atoms. The summed E-state index contributed by atoms with van der Waals surface area (Å²) < 4.78 is 0. The number of carbonyl (C=O) groups is 1. The van der Waals surface area contributed by atoms with Crippen LogP contribution in [0.25, 0.3) is 0 Å². The van der Waals surface area contributed by atoms with Crippen molar-refractivity contribution in [1.82, 2.24) is 0 Å². The maximum atomic E-state index is 11.6. The minimum absolute atomic E-state index is 0.437. The quantitative estimate of drug-likeness (QED) is 0.610. The second-order valence-electron chi connectivity index (χ2n) is 5.66. The highest BCUT2D eigenvalue weighted by atomic mass is 16.1. The predicted molar refractivity (Wildman–Crippen MR) is 67.1 cm³/mol. The molecule has 0 N–H and O–H groups in total. The third-order valence-corrected chi connectivity index (χ3v) is 4.37. The van der Waals surface area contributed by atoms with Gasteiger partial charge in [-0.25, -0.2) is 0 Å². The lowest BCUT2D eigenvalue weighted by molar-refractivity contribution is -0.119. The fourth-order valence-electron chi connectivity index (χ4n) is 3.69. The predicted octanol–water partition coefficient (Wildman–Crippen LogP) is 3.90. The Balaban J connectivity index is 2.32. The van der Waals surface area contributed by atoms with Crippen molar-refractivity contribution in [1.29, 1.82) is 0 Å². The van der Waals surface area contributed by atoms with E-state index >= 15 is 0 Å². The van der Waals surface area contributed by atoms with Gasteiger partial charge in [0, 0.05) is 12.8 Å². The van der Waals surface area contributed by atoms with E-state index in [2.05, 4.69) is 27.4 Å². The molecule has 0 aromatic carbocycles. The van der Waals surface area contributed by atoms with Crippen LogP contribution < -0.4 is 0 Å². The Morgan fingerprint density at radius 1 is 1.38 bits per heavy atom. The Morgan fingerprint density at radius 2 is 2.06 bits per heavy atom. The van der Waals surface area contributed by atoms with Gasteiger partial charge in [0.2, 0.25) is 0 Å². The molecular formula is C15H22O. The Morgan fingerprint density at radius 3 is 2.69 bits per heavy atom. The van der Waals surface area contributed by atoms with Crippen LogP contribution in [0.15, 0.2) is 23.3 Å². The van der Waals surface area contributed by atoms with Gasteiger partial charge < -0.3 is 0 Å². The zero-order valence-corrected chi connectivity index (χ0v) is 10.7. The second kappa shape index (κ2) is 4.20. The van der Waals surface area contributed by atoms with Gasteiger partial charge in [0.15, 0.2) is 0 Å². The van der Waals surface area contributed by atoms with E-state index in [1.54, 1.807) is 5.57 Å². The van der Waals surface area contributed by atoms with Crippen molar-refractivity contribution in [3.05, 3.63) is 23.3 Å². The molecule has 0 radical (unpaired) electrons. The maximum absolute atomic E-state index is 11.6. The zero-order valence-electron chi connectivity index (χ0n) is 10.7. The summed E-state index contributed by atoms with van der Waals surface area (Å²) in [5.41, 5.74) is 4.34. The molecule has 1 heteroatoms. The molecule has 0 saturated carbocycles. The molecule has 3 unspecified atom stereocenters. The summed E-state index contributed by atoms with van der Waals surface area (Å²) in [4.78, 5) is 11.6. The van der Waals surface area contributed by atoms with E-state index in [-0.39, 0.29) is 0 Å². The average molecular weight is 218 g/mol. The summed E-state index contributed by atoms with van der Waals surface area (Å²) in [6, 6.07) is 0. The van der Waals surface area contributed by atoms with Crippen LogP contribution in [0.1, 0.15) is 46.5 Å². The third-order valence-electron chi connectivity index (χ3n) is 4.37. The first-order valence-corrected chi connectivity index (χ1v) is 6.39. The summed E-state index contributed by atoms with van der Waals surface area (Å²) in [7, 11) is 0. The highest BCUT2D eigenvalue weighted by molar-refractivity contribution is 5.83. The molecule has 0 saturated heterocycles. The van der Waals surface area contributed by atoms with Gasteiger partial charge in [-0.05, 0) is 37.5 Å². The van der Waals surface area contributed by atoms with E-state index < -0.39 is 0 Å². The number of rotatable bonds is 1. The highest BCUT2D eigenvalue weighted by Gasteiger charge is 2.35. The molecule has 0 heterocycles.